The van der Waals surface area contributed by atoms with Gasteiger partial charge in [0.2, 0.25) is 0 Å². The normalized spacial score (nSPS) is 16.3. The standard InChI is InChI=1S/C17H24BrNO2/c18-16-8-4-7-15(11-16)13-19(10-9-17(20)21)12-14-5-2-1-3-6-14/h4,7-8,11,14H,1-3,5-6,9-10,12-13H2,(H,20,21). The smallest absolute Gasteiger partial charge is 0.304 e. The van der Waals surface area contributed by atoms with E-state index in [1.54, 1.807) is 0 Å². The third kappa shape index (κ3) is 6.18. The molecule has 0 saturated heterocycles. The molecule has 1 saturated carbocycles. The second-order valence-electron chi connectivity index (χ2n) is 6.01. The van der Waals surface area contributed by atoms with Gasteiger partial charge in [-0.05, 0) is 36.5 Å². The number of hydrogen-bond acceptors (Lipinski definition) is 2. The molecule has 1 aromatic carbocycles. The summed E-state index contributed by atoms with van der Waals surface area (Å²) in [5.41, 5.74) is 1.24. The second kappa shape index (κ2) is 8.54. The van der Waals surface area contributed by atoms with Gasteiger partial charge in [0, 0.05) is 24.1 Å². The molecular weight excluding hydrogens is 330 g/mol. The second-order valence-corrected chi connectivity index (χ2v) is 6.93. The van der Waals surface area contributed by atoms with Crippen molar-refractivity contribution in [1.29, 1.82) is 0 Å². The van der Waals surface area contributed by atoms with E-state index in [9.17, 15) is 4.79 Å². The van der Waals surface area contributed by atoms with Crippen LogP contribution < -0.4 is 0 Å². The molecule has 1 aliphatic rings. The third-order valence-corrected chi connectivity index (χ3v) is 4.67. The lowest BCUT2D eigenvalue weighted by Gasteiger charge is -2.29. The van der Waals surface area contributed by atoms with Gasteiger partial charge in [-0.1, -0.05) is 47.3 Å². The summed E-state index contributed by atoms with van der Waals surface area (Å²) in [6, 6.07) is 8.29. The molecule has 0 amide bonds. The molecule has 0 aromatic heterocycles. The molecule has 0 spiro atoms. The number of nitrogens with zero attached hydrogens (tertiary/aromatic N) is 1. The fraction of sp³-hybridized carbons (Fsp3) is 0.588. The SMILES string of the molecule is O=C(O)CCN(Cc1cccc(Br)c1)CC1CCCCC1. The largest absolute Gasteiger partial charge is 0.481 e. The number of aliphatic carboxylic acids is 1. The molecule has 1 N–H and O–H groups in total. The number of rotatable bonds is 7. The van der Waals surface area contributed by atoms with Crippen molar-refractivity contribution in [2.24, 2.45) is 5.92 Å². The minimum atomic E-state index is -0.710. The Morgan fingerprint density at radius 2 is 2.05 bits per heavy atom. The molecule has 0 radical (unpaired) electrons. The first-order valence-electron chi connectivity index (χ1n) is 7.82. The Morgan fingerprint density at radius 3 is 2.71 bits per heavy atom. The zero-order chi connectivity index (χ0) is 15.1. The van der Waals surface area contributed by atoms with Gasteiger partial charge in [-0.15, -0.1) is 0 Å². The van der Waals surface area contributed by atoms with Crippen LogP contribution in [0.15, 0.2) is 28.7 Å². The van der Waals surface area contributed by atoms with Crippen molar-refractivity contribution in [3.63, 3.8) is 0 Å². The molecule has 2 rings (SSSR count). The fourth-order valence-electron chi connectivity index (χ4n) is 3.12. The highest BCUT2D eigenvalue weighted by molar-refractivity contribution is 9.10. The zero-order valence-electron chi connectivity index (χ0n) is 12.4. The molecular formula is C17H24BrNO2. The van der Waals surface area contributed by atoms with Gasteiger partial charge in [0.15, 0.2) is 0 Å². The Kier molecular flexibility index (Phi) is 6.71. The maximum Gasteiger partial charge on any atom is 0.304 e. The number of hydrogen-bond donors (Lipinski definition) is 1. The number of benzene rings is 1. The van der Waals surface area contributed by atoms with Gasteiger partial charge in [-0.3, -0.25) is 9.69 Å². The predicted octanol–water partition coefficient (Wildman–Crippen LogP) is 4.31. The van der Waals surface area contributed by atoms with Gasteiger partial charge >= 0.3 is 5.97 Å². The van der Waals surface area contributed by atoms with E-state index in [0.717, 1.165) is 23.5 Å². The highest BCUT2D eigenvalue weighted by Gasteiger charge is 2.18. The average molecular weight is 354 g/mol. The Bertz CT molecular complexity index is 458. The molecule has 0 unspecified atom stereocenters. The van der Waals surface area contributed by atoms with Gasteiger partial charge in [0.1, 0.15) is 0 Å². The van der Waals surface area contributed by atoms with E-state index in [4.69, 9.17) is 5.11 Å². The van der Waals surface area contributed by atoms with E-state index in [0.29, 0.717) is 6.54 Å². The molecule has 3 nitrogen and oxygen atoms in total. The summed E-state index contributed by atoms with van der Waals surface area (Å²) in [6.45, 7) is 2.50. The molecule has 0 bridgehead atoms. The van der Waals surface area contributed by atoms with Crippen LogP contribution in [0.25, 0.3) is 0 Å². The molecule has 4 heteroatoms. The van der Waals surface area contributed by atoms with Crippen molar-refractivity contribution >= 4 is 21.9 Å². The van der Waals surface area contributed by atoms with Gasteiger partial charge in [0.25, 0.3) is 0 Å². The Morgan fingerprint density at radius 1 is 1.29 bits per heavy atom. The van der Waals surface area contributed by atoms with Crippen LogP contribution in [-0.4, -0.2) is 29.1 Å². The summed E-state index contributed by atoms with van der Waals surface area (Å²) in [4.78, 5) is 13.2. The zero-order valence-corrected chi connectivity index (χ0v) is 14.0. The van der Waals surface area contributed by atoms with E-state index in [1.807, 2.05) is 12.1 Å². The molecule has 21 heavy (non-hydrogen) atoms. The van der Waals surface area contributed by atoms with Gasteiger partial charge in [-0.25, -0.2) is 0 Å². The first-order chi connectivity index (χ1) is 10.1. The van der Waals surface area contributed by atoms with Crippen LogP contribution in [0.4, 0.5) is 0 Å². The Balaban J connectivity index is 1.95. The van der Waals surface area contributed by atoms with Crippen LogP contribution in [-0.2, 0) is 11.3 Å². The van der Waals surface area contributed by atoms with Crippen molar-refractivity contribution in [2.75, 3.05) is 13.1 Å². The van der Waals surface area contributed by atoms with Crippen LogP contribution in [0.3, 0.4) is 0 Å². The lowest BCUT2D eigenvalue weighted by atomic mass is 9.89. The molecule has 0 atom stereocenters. The fourth-order valence-corrected chi connectivity index (χ4v) is 3.56. The summed E-state index contributed by atoms with van der Waals surface area (Å²) in [6.07, 6.45) is 6.82. The number of carboxylic acids is 1. The van der Waals surface area contributed by atoms with Crippen LogP contribution in [0, 0.1) is 5.92 Å². The quantitative estimate of drug-likeness (QED) is 0.793. The summed E-state index contributed by atoms with van der Waals surface area (Å²) in [5, 5.41) is 8.94. The maximum absolute atomic E-state index is 10.9. The number of halogens is 1. The van der Waals surface area contributed by atoms with Crippen LogP contribution in [0.1, 0.15) is 44.1 Å². The maximum atomic E-state index is 10.9. The molecule has 1 aromatic rings. The van der Waals surface area contributed by atoms with E-state index >= 15 is 0 Å². The van der Waals surface area contributed by atoms with E-state index < -0.39 is 5.97 Å². The summed E-state index contributed by atoms with van der Waals surface area (Å²) < 4.78 is 1.08. The Hall–Kier alpha value is -0.870. The lowest BCUT2D eigenvalue weighted by Crippen LogP contribution is -2.32. The van der Waals surface area contributed by atoms with Crippen LogP contribution in [0.2, 0.25) is 0 Å². The highest BCUT2D eigenvalue weighted by atomic mass is 79.9. The van der Waals surface area contributed by atoms with E-state index in [1.165, 1.54) is 37.7 Å². The first kappa shape index (κ1) is 16.5. The summed E-state index contributed by atoms with van der Waals surface area (Å²) >= 11 is 3.50. The lowest BCUT2D eigenvalue weighted by molar-refractivity contribution is -0.137. The van der Waals surface area contributed by atoms with Crippen LogP contribution >= 0.6 is 15.9 Å². The summed E-state index contributed by atoms with van der Waals surface area (Å²) in [7, 11) is 0. The van der Waals surface area contributed by atoms with Gasteiger partial charge < -0.3 is 5.11 Å². The number of carboxylic acid groups (broad SMARTS) is 1. The number of carbonyl (C=O) groups is 1. The molecule has 1 aliphatic carbocycles. The van der Waals surface area contributed by atoms with Gasteiger partial charge in [0.05, 0.1) is 6.42 Å². The van der Waals surface area contributed by atoms with Gasteiger partial charge in [-0.2, -0.15) is 0 Å². The minimum absolute atomic E-state index is 0.223. The predicted molar refractivity (Wildman–Crippen MR) is 88.2 cm³/mol. The van der Waals surface area contributed by atoms with Crippen molar-refractivity contribution in [2.45, 2.75) is 45.1 Å². The molecule has 0 aliphatic heterocycles. The van der Waals surface area contributed by atoms with Crippen molar-refractivity contribution in [3.05, 3.63) is 34.3 Å². The average Bonchev–Trinajstić information content (AvgIpc) is 2.46. The van der Waals surface area contributed by atoms with Crippen LogP contribution in [0.5, 0.6) is 0 Å². The molecule has 116 valence electrons. The third-order valence-electron chi connectivity index (χ3n) is 4.18. The van der Waals surface area contributed by atoms with Crippen molar-refractivity contribution in [1.82, 2.24) is 4.90 Å². The summed E-state index contributed by atoms with van der Waals surface area (Å²) in [5.74, 6) is 0.0255. The molecule has 1 fully saturated rings. The van der Waals surface area contributed by atoms with E-state index in [2.05, 4.69) is 33.0 Å². The van der Waals surface area contributed by atoms with Crippen molar-refractivity contribution < 1.29 is 9.90 Å². The first-order valence-corrected chi connectivity index (χ1v) is 8.61. The Labute approximate surface area is 135 Å². The van der Waals surface area contributed by atoms with Crippen molar-refractivity contribution in [3.8, 4) is 0 Å². The molecule has 0 heterocycles. The topological polar surface area (TPSA) is 40.5 Å². The van der Waals surface area contributed by atoms with E-state index in [-0.39, 0.29) is 6.42 Å². The highest BCUT2D eigenvalue weighted by Crippen LogP contribution is 2.25. The monoisotopic (exact) mass is 353 g/mol. The minimum Gasteiger partial charge on any atom is -0.481 e.